The summed E-state index contributed by atoms with van der Waals surface area (Å²) in [5.74, 6) is -0.550. The highest BCUT2D eigenvalue weighted by atomic mass is 35.5. The molecule has 0 aromatic heterocycles. The van der Waals surface area contributed by atoms with Crippen molar-refractivity contribution in [3.8, 4) is 0 Å². The van der Waals surface area contributed by atoms with Gasteiger partial charge in [0.05, 0.1) is 11.5 Å². The van der Waals surface area contributed by atoms with Crippen molar-refractivity contribution in [3.63, 3.8) is 0 Å². The summed E-state index contributed by atoms with van der Waals surface area (Å²) in [6.45, 7) is 9.15. The van der Waals surface area contributed by atoms with Gasteiger partial charge in [0.2, 0.25) is 0 Å². The number of hydrogen-bond donors (Lipinski definition) is 2. The highest BCUT2D eigenvalue weighted by molar-refractivity contribution is 7.86. The van der Waals surface area contributed by atoms with Crippen LogP contribution in [0.2, 0.25) is 10.0 Å². The molecule has 2 N–H and O–H groups in total. The van der Waals surface area contributed by atoms with Crippen LogP contribution in [0.1, 0.15) is 76.5 Å². The maximum absolute atomic E-state index is 11.3. The van der Waals surface area contributed by atoms with E-state index in [-0.39, 0.29) is 22.3 Å². The Morgan fingerprint density at radius 2 is 1.37 bits per heavy atom. The minimum absolute atomic E-state index is 0.270. The quantitative estimate of drug-likeness (QED) is 0.174. The SMILES string of the molecule is CC1(C)C(C=C/C=C2/N(CCCCS(=O)(=O)O)c3ccc(Cl)cc3C2(C)C)=C(CCCCS(=O)(=O)O)c2ccc(Cl)cc21. The Bertz CT molecular complexity index is 1710. The van der Waals surface area contributed by atoms with Crippen molar-refractivity contribution in [3.05, 3.63) is 92.6 Å². The topological polar surface area (TPSA) is 112 Å². The zero-order chi connectivity index (χ0) is 31.8. The first-order chi connectivity index (χ1) is 19.9. The largest absolute Gasteiger partial charge is 0.344 e. The van der Waals surface area contributed by atoms with E-state index in [4.69, 9.17) is 23.2 Å². The predicted molar refractivity (Wildman–Crippen MR) is 176 cm³/mol. The lowest BCUT2D eigenvalue weighted by Gasteiger charge is -2.27. The number of halogens is 2. The molecule has 11 heteroatoms. The maximum atomic E-state index is 11.3. The smallest absolute Gasteiger partial charge is 0.264 e. The minimum atomic E-state index is -4.02. The second kappa shape index (κ2) is 12.7. The minimum Gasteiger partial charge on any atom is -0.344 e. The number of nitrogens with zero attached hydrogens (tertiary/aromatic N) is 1. The first kappa shape index (κ1) is 33.7. The third kappa shape index (κ3) is 7.75. The van der Waals surface area contributed by atoms with E-state index in [9.17, 15) is 25.9 Å². The van der Waals surface area contributed by atoms with Crippen molar-refractivity contribution < 1.29 is 25.9 Å². The number of anilines is 1. The van der Waals surface area contributed by atoms with Gasteiger partial charge in [0, 0.05) is 38.8 Å². The Morgan fingerprint density at radius 3 is 2.00 bits per heavy atom. The molecule has 234 valence electrons. The molecule has 0 unspecified atom stereocenters. The molecule has 0 radical (unpaired) electrons. The predicted octanol–water partition coefficient (Wildman–Crippen LogP) is 8.00. The van der Waals surface area contributed by atoms with Crippen LogP contribution in [0.3, 0.4) is 0 Å². The number of rotatable bonds is 12. The fourth-order valence-corrected chi connectivity index (χ4v) is 7.79. The molecule has 43 heavy (non-hydrogen) atoms. The van der Waals surface area contributed by atoms with Crippen molar-refractivity contribution in [2.24, 2.45) is 0 Å². The number of allylic oxidation sites excluding steroid dienone is 6. The summed E-state index contributed by atoms with van der Waals surface area (Å²) in [5.41, 5.74) is 6.87. The Kier molecular flexibility index (Phi) is 9.96. The van der Waals surface area contributed by atoms with Crippen molar-refractivity contribution >= 4 is 54.7 Å². The summed E-state index contributed by atoms with van der Waals surface area (Å²) in [4.78, 5) is 2.19. The summed E-state index contributed by atoms with van der Waals surface area (Å²) >= 11 is 12.8. The average molecular weight is 669 g/mol. The van der Waals surface area contributed by atoms with Gasteiger partial charge in [-0.05, 0) is 96.3 Å². The molecule has 0 bridgehead atoms. The molecular formula is C32H39Cl2NO6S2. The molecule has 1 aliphatic carbocycles. The second-order valence-electron chi connectivity index (χ2n) is 12.3. The van der Waals surface area contributed by atoms with Gasteiger partial charge >= 0.3 is 0 Å². The summed E-state index contributed by atoms with van der Waals surface area (Å²) in [6.07, 6.45) is 8.76. The normalized spacial score (nSPS) is 18.6. The lowest BCUT2D eigenvalue weighted by atomic mass is 9.80. The lowest BCUT2D eigenvalue weighted by Crippen LogP contribution is -2.27. The Morgan fingerprint density at radius 1 is 0.791 bits per heavy atom. The van der Waals surface area contributed by atoms with Gasteiger partial charge in [0.15, 0.2) is 0 Å². The molecule has 1 heterocycles. The molecule has 0 saturated carbocycles. The fourth-order valence-electron chi connectivity index (χ4n) is 6.31. The fraction of sp³-hybridized carbons (Fsp3) is 0.438. The van der Waals surface area contributed by atoms with E-state index in [0.717, 1.165) is 39.2 Å². The number of benzene rings is 2. The van der Waals surface area contributed by atoms with Crippen LogP contribution >= 0.6 is 23.2 Å². The van der Waals surface area contributed by atoms with E-state index in [0.29, 0.717) is 48.7 Å². The molecule has 0 fully saturated rings. The van der Waals surface area contributed by atoms with Crippen LogP contribution in [-0.2, 0) is 31.1 Å². The zero-order valence-electron chi connectivity index (χ0n) is 24.9. The van der Waals surface area contributed by atoms with Gasteiger partial charge in [0.25, 0.3) is 20.2 Å². The van der Waals surface area contributed by atoms with Crippen LogP contribution in [0.25, 0.3) is 5.57 Å². The Labute approximate surface area is 265 Å². The molecule has 2 aliphatic rings. The molecule has 4 rings (SSSR count). The standard InChI is InChI=1S/C32H39Cl2NO6S2/c1-31(2)26(24(10-5-7-18-42(36,37)38)25-15-13-22(33)20-27(25)31)11-9-12-30-32(3,4)28-21-23(34)14-16-29(28)35(30)17-6-8-19-43(39,40)41/h9,11-16,20-21H,5-8,10,17-19H2,1-4H3,(H,36,37,38)(H,39,40,41)/b11-9?,30-12+. The third-order valence-electron chi connectivity index (χ3n) is 8.46. The van der Waals surface area contributed by atoms with Gasteiger partial charge in [-0.15, -0.1) is 0 Å². The molecule has 0 saturated heterocycles. The van der Waals surface area contributed by atoms with Gasteiger partial charge in [-0.1, -0.05) is 69.1 Å². The monoisotopic (exact) mass is 667 g/mol. The van der Waals surface area contributed by atoms with E-state index in [1.54, 1.807) is 0 Å². The van der Waals surface area contributed by atoms with Crippen LogP contribution in [0.4, 0.5) is 5.69 Å². The van der Waals surface area contributed by atoms with Crippen LogP contribution < -0.4 is 4.90 Å². The number of fused-ring (bicyclic) bond motifs is 2. The van der Waals surface area contributed by atoms with Crippen LogP contribution in [-0.4, -0.2) is 44.0 Å². The highest BCUT2D eigenvalue weighted by Crippen LogP contribution is 2.50. The van der Waals surface area contributed by atoms with Crippen LogP contribution in [0.5, 0.6) is 0 Å². The summed E-state index contributed by atoms with van der Waals surface area (Å²) in [5, 5.41) is 1.29. The maximum Gasteiger partial charge on any atom is 0.264 e. The highest BCUT2D eigenvalue weighted by Gasteiger charge is 2.40. The van der Waals surface area contributed by atoms with E-state index in [1.165, 1.54) is 0 Å². The summed E-state index contributed by atoms with van der Waals surface area (Å²) in [6, 6.07) is 11.7. The number of hydrogen-bond acceptors (Lipinski definition) is 5. The van der Waals surface area contributed by atoms with E-state index >= 15 is 0 Å². The van der Waals surface area contributed by atoms with Gasteiger partial charge in [0.1, 0.15) is 0 Å². The van der Waals surface area contributed by atoms with Gasteiger partial charge in [-0.3, -0.25) is 9.11 Å². The molecule has 2 aromatic rings. The third-order valence-corrected chi connectivity index (χ3v) is 10.5. The zero-order valence-corrected chi connectivity index (χ0v) is 28.0. The van der Waals surface area contributed by atoms with Crippen molar-refractivity contribution in [2.75, 3.05) is 23.0 Å². The molecule has 0 spiro atoms. The molecule has 1 aliphatic heterocycles. The number of unbranched alkanes of at least 4 members (excludes halogenated alkanes) is 2. The van der Waals surface area contributed by atoms with E-state index in [2.05, 4.69) is 44.7 Å². The first-order valence-electron chi connectivity index (χ1n) is 14.3. The molecule has 0 atom stereocenters. The van der Waals surface area contributed by atoms with E-state index < -0.39 is 20.2 Å². The molecule has 0 amide bonds. The average Bonchev–Trinajstić information content (AvgIpc) is 3.22. The first-order valence-corrected chi connectivity index (χ1v) is 18.3. The van der Waals surface area contributed by atoms with Crippen molar-refractivity contribution in [1.82, 2.24) is 0 Å². The van der Waals surface area contributed by atoms with Crippen LogP contribution in [0.15, 0.2) is 65.9 Å². The van der Waals surface area contributed by atoms with Crippen molar-refractivity contribution in [2.45, 2.75) is 70.6 Å². The summed E-state index contributed by atoms with van der Waals surface area (Å²) < 4.78 is 63.4. The lowest BCUT2D eigenvalue weighted by molar-refractivity contribution is 0.478. The molecule has 2 aromatic carbocycles. The van der Waals surface area contributed by atoms with Crippen LogP contribution in [0, 0.1) is 0 Å². The summed E-state index contributed by atoms with van der Waals surface area (Å²) in [7, 11) is -8.04. The van der Waals surface area contributed by atoms with Gasteiger partial charge < -0.3 is 4.90 Å². The molecule has 7 nitrogen and oxygen atoms in total. The molecular weight excluding hydrogens is 629 g/mol. The van der Waals surface area contributed by atoms with Crippen molar-refractivity contribution in [1.29, 1.82) is 0 Å². The Balaban J connectivity index is 1.69. The second-order valence-corrected chi connectivity index (χ2v) is 16.3. The Hall–Kier alpha value is -2.14. The van der Waals surface area contributed by atoms with Gasteiger partial charge in [-0.25, -0.2) is 0 Å². The van der Waals surface area contributed by atoms with Gasteiger partial charge in [-0.2, -0.15) is 16.8 Å². The van der Waals surface area contributed by atoms with E-state index in [1.807, 2.05) is 42.5 Å².